The standard InChI is InChI=1S/C14H17FO2/c1-14(2)10(8-13(16)17)4-3-9-7-11(15)5-6-12(9)14/h5-7,10H,3-4,8H2,1-2H3,(H,16,17). The van der Waals surface area contributed by atoms with Crippen molar-refractivity contribution in [3.63, 3.8) is 0 Å². The van der Waals surface area contributed by atoms with Crippen molar-refractivity contribution in [1.29, 1.82) is 0 Å². The van der Waals surface area contributed by atoms with Crippen LogP contribution in [0.15, 0.2) is 18.2 Å². The number of benzene rings is 1. The molecule has 0 radical (unpaired) electrons. The minimum Gasteiger partial charge on any atom is -0.481 e. The number of carboxylic acid groups (broad SMARTS) is 1. The van der Waals surface area contributed by atoms with E-state index in [-0.39, 0.29) is 23.6 Å². The van der Waals surface area contributed by atoms with Gasteiger partial charge in [0.05, 0.1) is 0 Å². The molecule has 1 aromatic carbocycles. The van der Waals surface area contributed by atoms with Crippen molar-refractivity contribution in [1.82, 2.24) is 0 Å². The Kier molecular flexibility index (Phi) is 2.94. The summed E-state index contributed by atoms with van der Waals surface area (Å²) >= 11 is 0. The summed E-state index contributed by atoms with van der Waals surface area (Å²) < 4.78 is 13.2. The van der Waals surface area contributed by atoms with E-state index in [0.29, 0.717) is 0 Å². The molecule has 1 aromatic rings. The number of carboxylic acids is 1. The summed E-state index contributed by atoms with van der Waals surface area (Å²) in [6, 6.07) is 4.84. The van der Waals surface area contributed by atoms with Gasteiger partial charge in [-0.3, -0.25) is 4.79 Å². The Morgan fingerprint density at radius 2 is 2.24 bits per heavy atom. The van der Waals surface area contributed by atoms with Gasteiger partial charge in [-0.05, 0) is 47.4 Å². The largest absolute Gasteiger partial charge is 0.481 e. The zero-order valence-electron chi connectivity index (χ0n) is 10.2. The van der Waals surface area contributed by atoms with Gasteiger partial charge in [-0.15, -0.1) is 0 Å². The van der Waals surface area contributed by atoms with Crippen molar-refractivity contribution >= 4 is 5.97 Å². The molecular weight excluding hydrogens is 219 g/mol. The predicted molar refractivity (Wildman–Crippen MR) is 63.5 cm³/mol. The lowest BCUT2D eigenvalue weighted by atomic mass is 9.64. The molecule has 3 heteroatoms. The molecule has 0 bridgehead atoms. The van der Waals surface area contributed by atoms with Crippen molar-refractivity contribution in [2.24, 2.45) is 5.92 Å². The second kappa shape index (κ2) is 4.13. The molecule has 0 spiro atoms. The van der Waals surface area contributed by atoms with Crippen molar-refractivity contribution in [2.45, 2.75) is 38.5 Å². The number of halogens is 1. The highest BCUT2D eigenvalue weighted by Gasteiger charge is 2.37. The lowest BCUT2D eigenvalue weighted by Gasteiger charge is -2.40. The molecule has 0 aromatic heterocycles. The zero-order chi connectivity index (χ0) is 12.6. The number of carbonyl (C=O) groups is 1. The van der Waals surface area contributed by atoms with Crippen LogP contribution in [0, 0.1) is 11.7 Å². The molecule has 17 heavy (non-hydrogen) atoms. The van der Waals surface area contributed by atoms with E-state index in [1.165, 1.54) is 6.07 Å². The third kappa shape index (κ3) is 2.19. The Hall–Kier alpha value is -1.38. The zero-order valence-corrected chi connectivity index (χ0v) is 10.2. The Morgan fingerprint density at radius 1 is 1.53 bits per heavy atom. The first-order valence-corrected chi connectivity index (χ1v) is 5.92. The molecule has 0 aliphatic heterocycles. The Labute approximate surface area is 100 Å². The van der Waals surface area contributed by atoms with Crippen molar-refractivity contribution in [3.8, 4) is 0 Å². The minimum absolute atomic E-state index is 0.123. The van der Waals surface area contributed by atoms with Crippen LogP contribution in [0.3, 0.4) is 0 Å². The topological polar surface area (TPSA) is 37.3 Å². The lowest BCUT2D eigenvalue weighted by molar-refractivity contribution is -0.138. The minimum atomic E-state index is -0.756. The summed E-state index contributed by atoms with van der Waals surface area (Å²) in [5.74, 6) is -0.845. The van der Waals surface area contributed by atoms with E-state index in [2.05, 4.69) is 13.8 Å². The molecule has 92 valence electrons. The summed E-state index contributed by atoms with van der Waals surface area (Å²) in [4.78, 5) is 10.9. The van der Waals surface area contributed by atoms with Gasteiger partial charge in [0.15, 0.2) is 0 Å². The van der Waals surface area contributed by atoms with E-state index in [9.17, 15) is 9.18 Å². The van der Waals surface area contributed by atoms with Gasteiger partial charge in [0.1, 0.15) is 5.82 Å². The average Bonchev–Trinajstić information content (AvgIpc) is 2.21. The number of hydrogen-bond donors (Lipinski definition) is 1. The number of aliphatic carboxylic acids is 1. The van der Waals surface area contributed by atoms with Gasteiger partial charge in [-0.25, -0.2) is 4.39 Å². The van der Waals surface area contributed by atoms with Crippen LogP contribution in [-0.2, 0) is 16.6 Å². The molecular formula is C14H17FO2. The highest BCUT2D eigenvalue weighted by atomic mass is 19.1. The van der Waals surface area contributed by atoms with Crippen molar-refractivity contribution < 1.29 is 14.3 Å². The first kappa shape index (κ1) is 12.1. The number of rotatable bonds is 2. The maximum absolute atomic E-state index is 13.2. The highest BCUT2D eigenvalue weighted by molar-refractivity contribution is 5.67. The summed E-state index contributed by atoms with van der Waals surface area (Å²) in [5.41, 5.74) is 1.92. The van der Waals surface area contributed by atoms with Gasteiger partial charge in [-0.1, -0.05) is 19.9 Å². The van der Waals surface area contributed by atoms with Gasteiger partial charge in [0.2, 0.25) is 0 Å². The van der Waals surface area contributed by atoms with Crippen LogP contribution in [-0.4, -0.2) is 11.1 Å². The Bertz CT molecular complexity index is 452. The van der Waals surface area contributed by atoms with E-state index in [1.807, 2.05) is 0 Å². The third-order valence-electron chi connectivity index (χ3n) is 3.97. The van der Waals surface area contributed by atoms with Gasteiger partial charge in [-0.2, -0.15) is 0 Å². The maximum atomic E-state index is 13.2. The lowest BCUT2D eigenvalue weighted by Crippen LogP contribution is -2.35. The van der Waals surface area contributed by atoms with Gasteiger partial charge in [0.25, 0.3) is 0 Å². The molecule has 0 saturated carbocycles. The monoisotopic (exact) mass is 236 g/mol. The molecule has 0 saturated heterocycles. The van der Waals surface area contributed by atoms with Crippen LogP contribution < -0.4 is 0 Å². The SMILES string of the molecule is CC1(C)c2ccc(F)cc2CCC1CC(=O)O. The van der Waals surface area contributed by atoms with Crippen LogP contribution in [0.2, 0.25) is 0 Å². The van der Waals surface area contributed by atoms with Gasteiger partial charge >= 0.3 is 5.97 Å². The van der Waals surface area contributed by atoms with E-state index >= 15 is 0 Å². The normalized spacial score (nSPS) is 21.9. The number of aryl methyl sites for hydroxylation is 1. The molecule has 0 heterocycles. The molecule has 1 aliphatic carbocycles. The molecule has 2 rings (SSSR count). The van der Waals surface area contributed by atoms with Crippen LogP contribution in [0.25, 0.3) is 0 Å². The van der Waals surface area contributed by atoms with Gasteiger partial charge < -0.3 is 5.11 Å². The third-order valence-corrected chi connectivity index (χ3v) is 3.97. The van der Waals surface area contributed by atoms with E-state index in [0.717, 1.165) is 24.0 Å². The van der Waals surface area contributed by atoms with E-state index in [1.54, 1.807) is 12.1 Å². The fourth-order valence-electron chi connectivity index (χ4n) is 2.88. The van der Waals surface area contributed by atoms with E-state index in [4.69, 9.17) is 5.11 Å². The van der Waals surface area contributed by atoms with Crippen LogP contribution in [0.4, 0.5) is 4.39 Å². The second-order valence-corrected chi connectivity index (χ2v) is 5.36. The van der Waals surface area contributed by atoms with Crippen molar-refractivity contribution in [2.75, 3.05) is 0 Å². The molecule has 1 unspecified atom stereocenters. The predicted octanol–water partition coefficient (Wildman–Crippen LogP) is 3.14. The second-order valence-electron chi connectivity index (χ2n) is 5.36. The highest BCUT2D eigenvalue weighted by Crippen LogP contribution is 2.42. The van der Waals surface area contributed by atoms with Crippen LogP contribution in [0.5, 0.6) is 0 Å². The molecule has 2 nitrogen and oxygen atoms in total. The fourth-order valence-corrected chi connectivity index (χ4v) is 2.88. The van der Waals surface area contributed by atoms with Gasteiger partial charge in [0, 0.05) is 6.42 Å². The first-order chi connectivity index (χ1) is 7.91. The summed E-state index contributed by atoms with van der Waals surface area (Å²) in [7, 11) is 0. The molecule has 1 N–H and O–H groups in total. The summed E-state index contributed by atoms with van der Waals surface area (Å²) in [6.45, 7) is 4.10. The first-order valence-electron chi connectivity index (χ1n) is 5.92. The Balaban J connectivity index is 2.37. The summed E-state index contributed by atoms with van der Waals surface area (Å²) in [5, 5.41) is 8.93. The van der Waals surface area contributed by atoms with E-state index < -0.39 is 5.97 Å². The maximum Gasteiger partial charge on any atom is 0.303 e. The number of fused-ring (bicyclic) bond motifs is 1. The molecule has 0 amide bonds. The molecule has 1 aliphatic rings. The fraction of sp³-hybridized carbons (Fsp3) is 0.500. The average molecular weight is 236 g/mol. The molecule has 0 fully saturated rings. The van der Waals surface area contributed by atoms with Crippen molar-refractivity contribution in [3.05, 3.63) is 35.1 Å². The van der Waals surface area contributed by atoms with Crippen LogP contribution in [0.1, 0.15) is 37.8 Å². The molecule has 1 atom stereocenters. The summed E-state index contributed by atoms with van der Waals surface area (Å²) in [6.07, 6.45) is 1.77. The quantitative estimate of drug-likeness (QED) is 0.856. The number of hydrogen-bond acceptors (Lipinski definition) is 1. The Morgan fingerprint density at radius 3 is 2.88 bits per heavy atom. The van der Waals surface area contributed by atoms with Crippen LogP contribution >= 0.6 is 0 Å². The smallest absolute Gasteiger partial charge is 0.303 e.